The number of aromatic nitrogens is 1. The number of benzene rings is 4. The average Bonchev–Trinajstić information content (AvgIpc) is 0.899. The van der Waals surface area contributed by atoms with Gasteiger partial charge in [-0.2, -0.15) is 0 Å². The van der Waals surface area contributed by atoms with Crippen LogP contribution in [0.15, 0.2) is 84.9 Å². The maximum Gasteiger partial charge on any atom is 0.333 e. The number of aromatic hydroxyl groups is 6. The van der Waals surface area contributed by atoms with Gasteiger partial charge >= 0.3 is 5.97 Å². The number of unbranched alkanes of at least 4 members (excludes halogenated alkanes) is 1. The second kappa shape index (κ2) is 35.1. The van der Waals surface area contributed by atoms with Crippen LogP contribution in [0.5, 0.6) is 34.8 Å². The van der Waals surface area contributed by atoms with E-state index in [1.807, 2.05) is 19.6 Å². The highest BCUT2D eigenvalue weighted by molar-refractivity contribution is 6.06. The molecule has 12 bridgehead atoms. The van der Waals surface area contributed by atoms with E-state index in [4.69, 9.17) is 4.84 Å². The molecule has 3 atom stereocenters. The summed E-state index contributed by atoms with van der Waals surface area (Å²) in [7, 11) is 0. The highest BCUT2D eigenvalue weighted by Crippen LogP contribution is 2.27. The van der Waals surface area contributed by atoms with Crippen molar-refractivity contribution in [2.45, 2.75) is 44.6 Å². The van der Waals surface area contributed by atoms with Crippen molar-refractivity contribution in [1.82, 2.24) is 72.2 Å². The number of carbonyl (C=O) groups excluding carboxylic acids is 10. The zero-order valence-corrected chi connectivity index (χ0v) is 53.0. The molecule has 514 valence electrons. The van der Waals surface area contributed by atoms with Gasteiger partial charge in [-0.3, -0.25) is 62.8 Å². The van der Waals surface area contributed by atoms with Gasteiger partial charge in [0, 0.05) is 162 Å². The van der Waals surface area contributed by atoms with E-state index >= 15 is 0 Å². The molecule has 0 aliphatic carbocycles. The number of hydrogen-bond acceptors (Lipinski definition) is 21. The fourth-order valence-corrected chi connectivity index (χ4v) is 11.1. The number of phenols is 4. The molecular formula is C65H82N14O17. The Morgan fingerprint density at radius 2 is 0.688 bits per heavy atom. The fraction of sp³-hybridized carbons (Fsp3) is 0.415. The number of rotatable bonds is 10. The van der Waals surface area contributed by atoms with Crippen molar-refractivity contribution in [2.24, 2.45) is 0 Å². The molecule has 9 rings (SSSR count). The number of nitrogens with zero attached hydrogens (tertiary/aromatic N) is 5. The van der Waals surface area contributed by atoms with E-state index in [9.17, 15) is 78.6 Å². The number of hydrogen-bond donors (Lipinski definition) is 15. The maximum atomic E-state index is 14.6. The SMILES string of the molecule is O=C(CCCC(=O)On1c(O)ccc1O)NCCCCC1CN2CCNC(=O)c3cccc(c3O)C(=O)NCCN(CCNC(=O)c3cccc(c3O)C(=O)N1)CCN1CCNC(=O)c3cccc(c3O)C(=O)NCCN(CCNC(=O)c3cccc(c3O)C(=O)NCC1)CC2. The van der Waals surface area contributed by atoms with E-state index in [-0.39, 0.29) is 207 Å². The topological polar surface area (TPSA) is 427 Å². The standard InChI is InChI=1S/C65H82N14O17/c80-50(17-7-18-53(83)96-79-51(81)19-20-52(79)82)66-21-2-1-8-41-40-78-35-28-73-63(93)47-14-5-13-46(56(47)86)60(90)69-24-31-76(32-25-72-64(94)48-15-6-16-49(57(48)87)65(95)74-41)37-36-75-29-22-67-58(88)42-9-3-11-44(54(42)84)61(91)70-26-33-77(38-39-78)34-27-71-62(92)45-12-4-10-43(55(45)85)59(89)68-23-30-75/h3-6,9-16,19-20,41,81-82,84-87H,1-2,7-8,17-18,21-40H2,(H,66,80)(H,67,88)(H,68,89)(H,69,90)(H,70,91)(H,71,92)(H,72,94)(H,73,93)(H,74,95). The minimum Gasteiger partial charge on any atom is -0.506 e. The van der Waals surface area contributed by atoms with Crippen LogP contribution in [0.1, 0.15) is 121 Å². The number of para-hydroxylation sites is 4. The first-order chi connectivity index (χ1) is 46.3. The summed E-state index contributed by atoms with van der Waals surface area (Å²) in [6.45, 7) is 1.58. The van der Waals surface area contributed by atoms with Gasteiger partial charge in [-0.05, 0) is 74.2 Å². The lowest BCUT2D eigenvalue weighted by molar-refractivity contribution is -0.145. The van der Waals surface area contributed by atoms with Gasteiger partial charge in [0.1, 0.15) is 23.0 Å². The molecule has 31 heteroatoms. The molecule has 5 heterocycles. The summed E-state index contributed by atoms with van der Waals surface area (Å²) >= 11 is 0. The van der Waals surface area contributed by atoms with E-state index in [2.05, 4.69) is 47.9 Å². The van der Waals surface area contributed by atoms with Gasteiger partial charge in [-0.1, -0.05) is 24.3 Å². The molecular weight excluding hydrogens is 1250 g/mol. The van der Waals surface area contributed by atoms with E-state index in [1.165, 1.54) is 72.8 Å². The largest absolute Gasteiger partial charge is 0.506 e. The molecule has 15 N–H and O–H groups in total. The number of fused-ring (bicyclic) bond motifs is 16. The van der Waals surface area contributed by atoms with Crippen LogP contribution in [0.3, 0.4) is 0 Å². The van der Waals surface area contributed by atoms with Gasteiger partial charge in [0.25, 0.3) is 47.3 Å². The zero-order valence-electron chi connectivity index (χ0n) is 53.0. The first kappa shape index (κ1) is 71.4. The summed E-state index contributed by atoms with van der Waals surface area (Å²) in [5, 5.41) is 91.2. The Morgan fingerprint density at radius 1 is 0.385 bits per heavy atom. The van der Waals surface area contributed by atoms with Crippen molar-refractivity contribution in [3.8, 4) is 34.8 Å². The van der Waals surface area contributed by atoms with Crippen molar-refractivity contribution < 1.29 is 83.4 Å². The van der Waals surface area contributed by atoms with Crippen LogP contribution in [0.4, 0.5) is 0 Å². The Kier molecular flexibility index (Phi) is 26.1. The third-order valence-corrected chi connectivity index (χ3v) is 16.5. The molecule has 0 fully saturated rings. The lowest BCUT2D eigenvalue weighted by Gasteiger charge is -2.31. The minimum atomic E-state index is -0.806. The fourth-order valence-electron chi connectivity index (χ4n) is 11.1. The monoisotopic (exact) mass is 1330 g/mol. The van der Waals surface area contributed by atoms with Gasteiger partial charge in [-0.25, -0.2) is 4.79 Å². The van der Waals surface area contributed by atoms with Gasteiger partial charge in [0.15, 0.2) is 0 Å². The predicted octanol–water partition coefficient (Wildman–Crippen LogP) is -0.610. The second-order valence-electron chi connectivity index (χ2n) is 23.1. The average molecular weight is 1330 g/mol. The van der Waals surface area contributed by atoms with Crippen LogP contribution >= 0.6 is 0 Å². The third kappa shape index (κ3) is 20.0. The van der Waals surface area contributed by atoms with Gasteiger partial charge in [0.2, 0.25) is 17.7 Å². The summed E-state index contributed by atoms with van der Waals surface area (Å²) in [6, 6.07) is 18.2. The van der Waals surface area contributed by atoms with Crippen LogP contribution in [0.2, 0.25) is 0 Å². The molecule has 9 amide bonds. The molecule has 5 aromatic rings. The molecule has 1 aromatic heterocycles. The Balaban J connectivity index is 1.13. The van der Waals surface area contributed by atoms with E-state index in [1.54, 1.807) is 0 Å². The van der Waals surface area contributed by atoms with E-state index in [0.717, 1.165) is 12.1 Å². The highest BCUT2D eigenvalue weighted by Gasteiger charge is 2.27. The molecule has 31 nitrogen and oxygen atoms in total. The molecule has 4 aromatic carbocycles. The van der Waals surface area contributed by atoms with Crippen molar-refractivity contribution in [2.75, 3.05) is 131 Å². The molecule has 0 radical (unpaired) electrons. The molecule has 4 aliphatic rings. The Morgan fingerprint density at radius 3 is 1.02 bits per heavy atom. The van der Waals surface area contributed by atoms with Crippen molar-refractivity contribution in [3.63, 3.8) is 0 Å². The summed E-state index contributed by atoms with van der Waals surface area (Å²) < 4.78 is 0.546. The van der Waals surface area contributed by atoms with Crippen LogP contribution in [-0.4, -0.2) is 251 Å². The number of nitrogens with one attached hydrogen (secondary N) is 9. The first-order valence-corrected chi connectivity index (χ1v) is 31.8. The van der Waals surface area contributed by atoms with Crippen LogP contribution in [0, 0.1) is 0 Å². The molecule has 96 heavy (non-hydrogen) atoms. The third-order valence-electron chi connectivity index (χ3n) is 16.5. The van der Waals surface area contributed by atoms with Crippen LogP contribution in [0.25, 0.3) is 0 Å². The second-order valence-corrected chi connectivity index (χ2v) is 23.1. The number of phenolic OH excluding ortho intramolecular Hbond substituents is 4. The molecule has 4 aliphatic heterocycles. The van der Waals surface area contributed by atoms with E-state index < -0.39 is 94.0 Å². The van der Waals surface area contributed by atoms with Crippen LogP contribution in [-0.2, 0) is 9.59 Å². The Bertz CT molecular complexity index is 3530. The first-order valence-electron chi connectivity index (χ1n) is 31.8. The zero-order chi connectivity index (χ0) is 68.7. The number of amides is 9. The molecule has 0 saturated carbocycles. The quantitative estimate of drug-likeness (QED) is 0.0776. The minimum absolute atomic E-state index is 0.00614. The van der Waals surface area contributed by atoms with Gasteiger partial charge in [-0.15, -0.1) is 4.73 Å². The van der Waals surface area contributed by atoms with E-state index in [0.29, 0.717) is 17.6 Å². The predicted molar refractivity (Wildman–Crippen MR) is 346 cm³/mol. The molecule has 0 saturated heterocycles. The summed E-state index contributed by atoms with van der Waals surface area (Å²) in [6.07, 6.45) is 0.826. The maximum absolute atomic E-state index is 14.6. The molecule has 3 unspecified atom stereocenters. The number of carbonyl (C=O) groups is 10. The Labute approximate surface area is 552 Å². The lowest BCUT2D eigenvalue weighted by Crippen LogP contribution is -2.49. The van der Waals surface area contributed by atoms with Crippen molar-refractivity contribution >= 4 is 59.1 Å². The summed E-state index contributed by atoms with van der Waals surface area (Å²) in [5.74, 6) is -10.1. The summed E-state index contributed by atoms with van der Waals surface area (Å²) in [4.78, 5) is 150. The van der Waals surface area contributed by atoms with Crippen molar-refractivity contribution in [3.05, 3.63) is 129 Å². The lowest BCUT2D eigenvalue weighted by atomic mass is 10.0. The van der Waals surface area contributed by atoms with Gasteiger partial charge in [0.05, 0.1) is 44.5 Å². The normalized spacial score (nSPS) is 20.4. The highest BCUT2D eigenvalue weighted by atomic mass is 16.7. The van der Waals surface area contributed by atoms with Crippen LogP contribution < -0.4 is 52.7 Å². The van der Waals surface area contributed by atoms with Crippen molar-refractivity contribution in [1.29, 1.82) is 0 Å². The molecule has 0 spiro atoms. The van der Waals surface area contributed by atoms with Gasteiger partial charge < -0.3 is 83.3 Å². The summed E-state index contributed by atoms with van der Waals surface area (Å²) in [5.41, 5.74) is -1.51. The Hall–Kier alpha value is -10.5. The smallest absolute Gasteiger partial charge is 0.333 e.